The van der Waals surface area contributed by atoms with Gasteiger partial charge in [0.15, 0.2) is 0 Å². The molecule has 0 radical (unpaired) electrons. The molecule has 1 heterocycles. The van der Waals surface area contributed by atoms with Gasteiger partial charge in [0.25, 0.3) is 0 Å². The van der Waals surface area contributed by atoms with Crippen molar-refractivity contribution < 1.29 is 9.90 Å². The first kappa shape index (κ1) is 9.85. The van der Waals surface area contributed by atoms with Gasteiger partial charge in [-0.05, 0) is 17.9 Å². The Hall–Kier alpha value is -1.35. The van der Waals surface area contributed by atoms with Crippen LogP contribution >= 0.6 is 0 Å². The fourth-order valence-electron chi connectivity index (χ4n) is 2.88. The number of likely N-dealkylation sites (tertiary alicyclic amines) is 1. The molecule has 0 bridgehead atoms. The Labute approximate surface area is 94.7 Å². The van der Waals surface area contributed by atoms with Crippen LogP contribution in [0.15, 0.2) is 30.3 Å². The highest BCUT2D eigenvalue weighted by atomic mass is 16.4. The minimum Gasteiger partial charge on any atom is -0.481 e. The van der Waals surface area contributed by atoms with Crippen molar-refractivity contribution in [3.8, 4) is 0 Å². The van der Waals surface area contributed by atoms with Crippen LogP contribution in [-0.2, 0) is 11.3 Å². The van der Waals surface area contributed by atoms with Gasteiger partial charge in [-0.3, -0.25) is 9.69 Å². The smallest absolute Gasteiger partial charge is 0.311 e. The maximum Gasteiger partial charge on any atom is 0.311 e. The first-order chi connectivity index (χ1) is 7.71. The highest BCUT2D eigenvalue weighted by Gasteiger charge is 2.65. The van der Waals surface area contributed by atoms with Crippen LogP contribution in [0.2, 0.25) is 0 Å². The third-order valence-electron chi connectivity index (χ3n) is 3.89. The molecule has 1 aromatic carbocycles. The molecular weight excluding hydrogens is 202 g/mol. The van der Waals surface area contributed by atoms with Gasteiger partial charge in [-0.2, -0.15) is 0 Å². The molecule has 2 aliphatic rings. The normalized spacial score (nSPS) is 32.4. The standard InChI is InChI=1S/C13H15NO2/c15-12(16)13-6-11(13)8-14(9-13)7-10-4-2-1-3-5-10/h1-5,11H,6-9H2,(H,15,16)/t11-,13+/m0/s1. The van der Waals surface area contributed by atoms with E-state index in [9.17, 15) is 9.90 Å². The molecule has 16 heavy (non-hydrogen) atoms. The topological polar surface area (TPSA) is 40.5 Å². The Morgan fingerprint density at radius 1 is 1.44 bits per heavy atom. The second kappa shape index (κ2) is 3.32. The van der Waals surface area contributed by atoms with Crippen molar-refractivity contribution in [3.63, 3.8) is 0 Å². The number of aliphatic carboxylic acids is 1. The van der Waals surface area contributed by atoms with Crippen molar-refractivity contribution in [1.29, 1.82) is 0 Å². The second-order valence-electron chi connectivity index (χ2n) is 5.02. The van der Waals surface area contributed by atoms with Gasteiger partial charge in [0.2, 0.25) is 0 Å². The summed E-state index contributed by atoms with van der Waals surface area (Å²) in [5.41, 5.74) is 0.874. The fourth-order valence-corrected chi connectivity index (χ4v) is 2.88. The minimum absolute atomic E-state index is 0.394. The molecule has 0 aromatic heterocycles. The third kappa shape index (κ3) is 1.43. The van der Waals surface area contributed by atoms with Crippen molar-refractivity contribution in [3.05, 3.63) is 35.9 Å². The number of carbonyl (C=O) groups is 1. The highest BCUT2D eigenvalue weighted by molar-refractivity contribution is 5.79. The Bertz CT molecular complexity index is 417. The number of hydrogen-bond acceptors (Lipinski definition) is 2. The molecule has 1 aliphatic carbocycles. The third-order valence-corrected chi connectivity index (χ3v) is 3.89. The summed E-state index contributed by atoms with van der Waals surface area (Å²) in [7, 11) is 0. The van der Waals surface area contributed by atoms with Gasteiger partial charge in [0, 0.05) is 19.6 Å². The molecule has 3 rings (SSSR count). The summed E-state index contributed by atoms with van der Waals surface area (Å²) in [6.45, 7) is 2.55. The first-order valence-electron chi connectivity index (χ1n) is 5.70. The SMILES string of the molecule is O=C(O)[C@@]12C[C@H]1CN(Cc1ccccc1)C2. The van der Waals surface area contributed by atoms with E-state index in [1.54, 1.807) is 0 Å². The maximum absolute atomic E-state index is 11.1. The van der Waals surface area contributed by atoms with Crippen molar-refractivity contribution in [2.75, 3.05) is 13.1 Å². The predicted octanol–water partition coefficient (Wildman–Crippen LogP) is 1.59. The molecule has 2 fully saturated rings. The molecule has 84 valence electrons. The summed E-state index contributed by atoms with van der Waals surface area (Å²) in [5, 5.41) is 9.17. The zero-order chi connectivity index (χ0) is 11.2. The lowest BCUT2D eigenvalue weighted by atomic mass is 10.1. The lowest BCUT2D eigenvalue weighted by Crippen LogP contribution is -2.28. The summed E-state index contributed by atoms with van der Waals surface area (Å²) >= 11 is 0. The van der Waals surface area contributed by atoms with E-state index in [2.05, 4.69) is 17.0 Å². The molecule has 1 aromatic rings. The zero-order valence-electron chi connectivity index (χ0n) is 9.10. The summed E-state index contributed by atoms with van der Waals surface area (Å²) in [5.74, 6) is -0.207. The van der Waals surface area contributed by atoms with Crippen LogP contribution in [0, 0.1) is 11.3 Å². The van der Waals surface area contributed by atoms with E-state index in [1.807, 2.05) is 18.2 Å². The number of rotatable bonds is 3. The number of hydrogen-bond donors (Lipinski definition) is 1. The van der Waals surface area contributed by atoms with Gasteiger partial charge < -0.3 is 5.11 Å². The molecule has 1 saturated heterocycles. The van der Waals surface area contributed by atoms with Crippen LogP contribution in [0.5, 0.6) is 0 Å². The molecule has 3 nitrogen and oxygen atoms in total. The lowest BCUT2D eigenvalue weighted by Gasteiger charge is -2.18. The van der Waals surface area contributed by atoms with Gasteiger partial charge in [0.05, 0.1) is 5.41 Å². The summed E-state index contributed by atoms with van der Waals surface area (Å²) in [6, 6.07) is 10.2. The lowest BCUT2D eigenvalue weighted by molar-refractivity contribution is -0.143. The molecule has 3 heteroatoms. The van der Waals surface area contributed by atoms with Crippen LogP contribution in [0.1, 0.15) is 12.0 Å². The average molecular weight is 217 g/mol. The minimum atomic E-state index is -0.604. The monoisotopic (exact) mass is 217 g/mol. The molecular formula is C13H15NO2. The van der Waals surface area contributed by atoms with Crippen molar-refractivity contribution in [2.45, 2.75) is 13.0 Å². The van der Waals surface area contributed by atoms with Crippen molar-refractivity contribution >= 4 is 5.97 Å². The summed E-state index contributed by atoms with van der Waals surface area (Å²) in [6.07, 6.45) is 0.883. The quantitative estimate of drug-likeness (QED) is 0.836. The molecule has 2 atom stereocenters. The molecule has 1 saturated carbocycles. The Morgan fingerprint density at radius 3 is 2.81 bits per heavy atom. The molecule has 0 amide bonds. The Kier molecular flexibility index (Phi) is 2.04. The van der Waals surface area contributed by atoms with E-state index in [0.717, 1.165) is 26.1 Å². The van der Waals surface area contributed by atoms with Crippen LogP contribution in [0.25, 0.3) is 0 Å². The average Bonchev–Trinajstić information content (AvgIpc) is 2.84. The zero-order valence-corrected chi connectivity index (χ0v) is 9.10. The van der Waals surface area contributed by atoms with Gasteiger partial charge >= 0.3 is 5.97 Å². The fraction of sp³-hybridized carbons (Fsp3) is 0.462. The van der Waals surface area contributed by atoms with Crippen molar-refractivity contribution in [1.82, 2.24) is 4.90 Å². The van der Waals surface area contributed by atoms with E-state index in [4.69, 9.17) is 0 Å². The number of nitrogens with zero attached hydrogens (tertiary/aromatic N) is 1. The summed E-state index contributed by atoms with van der Waals surface area (Å²) in [4.78, 5) is 13.4. The number of carboxylic acids is 1. The van der Waals surface area contributed by atoms with Gasteiger partial charge in [-0.15, -0.1) is 0 Å². The number of benzene rings is 1. The highest BCUT2D eigenvalue weighted by Crippen LogP contribution is 2.58. The van der Waals surface area contributed by atoms with Gasteiger partial charge in [-0.25, -0.2) is 0 Å². The number of piperidine rings is 1. The molecule has 1 aliphatic heterocycles. The number of fused-ring (bicyclic) bond motifs is 1. The predicted molar refractivity (Wildman–Crippen MR) is 59.9 cm³/mol. The Morgan fingerprint density at radius 2 is 2.19 bits per heavy atom. The number of carboxylic acid groups (broad SMARTS) is 1. The molecule has 0 spiro atoms. The van der Waals surface area contributed by atoms with E-state index in [0.29, 0.717) is 5.92 Å². The van der Waals surface area contributed by atoms with Gasteiger partial charge in [-0.1, -0.05) is 30.3 Å². The van der Waals surface area contributed by atoms with E-state index >= 15 is 0 Å². The first-order valence-corrected chi connectivity index (χ1v) is 5.70. The molecule has 1 N–H and O–H groups in total. The van der Waals surface area contributed by atoms with Crippen LogP contribution < -0.4 is 0 Å². The van der Waals surface area contributed by atoms with Crippen LogP contribution in [0.3, 0.4) is 0 Å². The maximum atomic E-state index is 11.1. The van der Waals surface area contributed by atoms with E-state index in [-0.39, 0.29) is 0 Å². The largest absolute Gasteiger partial charge is 0.481 e. The van der Waals surface area contributed by atoms with Gasteiger partial charge in [0.1, 0.15) is 0 Å². The van der Waals surface area contributed by atoms with E-state index < -0.39 is 11.4 Å². The summed E-state index contributed by atoms with van der Waals surface area (Å²) < 4.78 is 0. The van der Waals surface area contributed by atoms with Crippen LogP contribution in [0.4, 0.5) is 0 Å². The van der Waals surface area contributed by atoms with Crippen LogP contribution in [-0.4, -0.2) is 29.1 Å². The molecule has 0 unspecified atom stereocenters. The van der Waals surface area contributed by atoms with E-state index in [1.165, 1.54) is 5.56 Å². The second-order valence-corrected chi connectivity index (χ2v) is 5.02. The Balaban J connectivity index is 1.66. The van der Waals surface area contributed by atoms with Crippen molar-refractivity contribution in [2.24, 2.45) is 11.3 Å².